The quantitative estimate of drug-likeness (QED) is 0.664. The number of rotatable bonds is 4. The molecule has 0 bridgehead atoms. The number of nitriles is 1. The van der Waals surface area contributed by atoms with Crippen molar-refractivity contribution in [3.8, 4) is 6.07 Å². The highest BCUT2D eigenvalue weighted by Gasteiger charge is 2.38. The maximum absolute atomic E-state index is 14.3. The molecule has 2 saturated heterocycles. The number of benzene rings is 1. The molecule has 1 amide bonds. The van der Waals surface area contributed by atoms with E-state index in [0.29, 0.717) is 74.3 Å². The van der Waals surface area contributed by atoms with E-state index in [4.69, 9.17) is 0 Å². The summed E-state index contributed by atoms with van der Waals surface area (Å²) in [6, 6.07) is 4.54. The fourth-order valence-corrected chi connectivity index (χ4v) is 5.24. The van der Waals surface area contributed by atoms with Gasteiger partial charge in [0.25, 0.3) is 5.91 Å². The largest absolute Gasteiger partial charge is 0.370 e. The van der Waals surface area contributed by atoms with E-state index in [2.05, 4.69) is 11.1 Å². The van der Waals surface area contributed by atoms with E-state index < -0.39 is 17.0 Å². The van der Waals surface area contributed by atoms with Gasteiger partial charge in [-0.1, -0.05) is 0 Å². The van der Waals surface area contributed by atoms with Gasteiger partial charge in [0.2, 0.25) is 0 Å². The molecule has 0 unspecified atom stereocenters. The zero-order valence-corrected chi connectivity index (χ0v) is 19.3. The summed E-state index contributed by atoms with van der Waals surface area (Å²) < 4.78 is 28.2. The van der Waals surface area contributed by atoms with Gasteiger partial charge in [0.15, 0.2) is 11.6 Å². The van der Waals surface area contributed by atoms with Crippen LogP contribution in [0.1, 0.15) is 55.8 Å². The number of nitrogens with zero attached hydrogens (tertiary/aromatic N) is 4. The monoisotopic (exact) mass is 466 g/mol. The summed E-state index contributed by atoms with van der Waals surface area (Å²) in [5.41, 5.74) is 0.737. The van der Waals surface area contributed by atoms with Crippen LogP contribution in [0.4, 0.5) is 14.5 Å². The van der Waals surface area contributed by atoms with E-state index in [1.54, 1.807) is 4.90 Å². The average Bonchev–Trinajstić information content (AvgIpc) is 3.70. The average molecular weight is 467 g/mol. The highest BCUT2D eigenvalue weighted by Crippen LogP contribution is 2.39. The van der Waals surface area contributed by atoms with E-state index in [1.165, 1.54) is 6.20 Å². The lowest BCUT2D eigenvalue weighted by Gasteiger charge is -2.38. The zero-order chi connectivity index (χ0) is 24.0. The molecule has 1 aliphatic carbocycles. The zero-order valence-electron chi connectivity index (χ0n) is 19.3. The second kappa shape index (κ2) is 8.61. The molecule has 178 valence electrons. The number of piperidine rings is 2. The molecule has 2 aromatic rings. The van der Waals surface area contributed by atoms with Crippen LogP contribution in [-0.4, -0.2) is 47.8 Å². The third-order valence-corrected chi connectivity index (χ3v) is 7.73. The number of carbonyl (C=O) groups is 2. The Bertz CT molecular complexity index is 1190. The number of hydrogen-bond acceptors (Lipinski definition) is 5. The summed E-state index contributed by atoms with van der Waals surface area (Å²) in [6.07, 6.45) is 5.96. The van der Waals surface area contributed by atoms with E-state index in [-0.39, 0.29) is 23.3 Å². The first kappa shape index (κ1) is 22.7. The van der Waals surface area contributed by atoms with E-state index >= 15 is 0 Å². The van der Waals surface area contributed by atoms with Crippen molar-refractivity contribution < 1.29 is 18.4 Å². The molecular weight excluding hydrogens is 438 g/mol. The molecule has 1 aromatic heterocycles. The molecule has 2 aliphatic heterocycles. The molecule has 0 spiro atoms. The molecule has 8 heteroatoms. The van der Waals surface area contributed by atoms with Gasteiger partial charge in [0.1, 0.15) is 5.78 Å². The van der Waals surface area contributed by atoms with Crippen molar-refractivity contribution in [1.29, 1.82) is 5.26 Å². The van der Waals surface area contributed by atoms with Crippen LogP contribution in [0.5, 0.6) is 0 Å². The minimum absolute atomic E-state index is 0.0218. The molecule has 5 rings (SSSR count). The summed E-state index contributed by atoms with van der Waals surface area (Å²) in [5, 5.41) is 9.90. The molecule has 3 heterocycles. The van der Waals surface area contributed by atoms with E-state index in [9.17, 15) is 23.6 Å². The normalized spacial score (nSPS) is 20.9. The van der Waals surface area contributed by atoms with Crippen molar-refractivity contribution in [1.82, 2.24) is 9.88 Å². The van der Waals surface area contributed by atoms with Crippen LogP contribution < -0.4 is 4.90 Å². The first-order valence-electron chi connectivity index (χ1n) is 12.1. The predicted molar refractivity (Wildman–Crippen MR) is 123 cm³/mol. The van der Waals surface area contributed by atoms with Crippen LogP contribution in [0.15, 0.2) is 18.3 Å². The fourth-order valence-electron chi connectivity index (χ4n) is 5.24. The number of carbonyl (C=O) groups excluding carboxylic acids is 2. The molecule has 0 radical (unpaired) electrons. The van der Waals surface area contributed by atoms with Crippen LogP contribution in [0, 0.1) is 40.2 Å². The number of amides is 1. The van der Waals surface area contributed by atoms with Crippen molar-refractivity contribution in [3.63, 3.8) is 0 Å². The van der Waals surface area contributed by atoms with Crippen LogP contribution >= 0.6 is 0 Å². The molecular formula is C26H28F2N4O2. The van der Waals surface area contributed by atoms with Gasteiger partial charge in [-0.25, -0.2) is 8.78 Å². The molecule has 3 aliphatic rings. The number of fused-ring (bicyclic) bond motifs is 1. The van der Waals surface area contributed by atoms with Crippen LogP contribution in [0.3, 0.4) is 0 Å². The topological polar surface area (TPSA) is 77.3 Å². The third kappa shape index (κ3) is 4.13. The highest BCUT2D eigenvalue weighted by atomic mass is 19.2. The lowest BCUT2D eigenvalue weighted by Crippen LogP contribution is -2.42. The number of hydrogen-bond donors (Lipinski definition) is 0. The lowest BCUT2D eigenvalue weighted by molar-refractivity contribution is -0.125. The number of pyridine rings is 1. The second-order valence-corrected chi connectivity index (χ2v) is 10.2. The van der Waals surface area contributed by atoms with Gasteiger partial charge < -0.3 is 9.80 Å². The highest BCUT2D eigenvalue weighted by molar-refractivity contribution is 6.07. The van der Waals surface area contributed by atoms with Crippen LogP contribution in [0.2, 0.25) is 0 Å². The van der Waals surface area contributed by atoms with Crippen molar-refractivity contribution >= 4 is 28.3 Å². The van der Waals surface area contributed by atoms with Gasteiger partial charge in [0.05, 0.1) is 28.3 Å². The first-order valence-corrected chi connectivity index (χ1v) is 12.1. The van der Waals surface area contributed by atoms with Crippen molar-refractivity contribution in [2.24, 2.45) is 17.3 Å². The van der Waals surface area contributed by atoms with Gasteiger partial charge in [-0.2, -0.15) is 5.26 Å². The van der Waals surface area contributed by atoms with E-state index in [1.807, 2.05) is 11.8 Å². The molecule has 3 fully saturated rings. The number of ketones is 1. The molecule has 1 saturated carbocycles. The van der Waals surface area contributed by atoms with Crippen molar-refractivity contribution in [2.75, 3.05) is 31.1 Å². The standard InChI is InChI=1S/C26H28F2N4O2/c1-26(15-29)6-10-31(11-7-26)23-18-12-20(27)21(28)13-22(18)30-14-19(23)25(34)32-8-4-17(5-9-32)24(33)16-2-3-16/h12-14,16-17H,2-11H2,1H3. The van der Waals surface area contributed by atoms with E-state index in [0.717, 1.165) is 25.0 Å². The third-order valence-electron chi connectivity index (χ3n) is 7.73. The Morgan fingerprint density at radius 3 is 2.26 bits per heavy atom. The Kier molecular flexibility index (Phi) is 5.75. The Labute approximate surface area is 197 Å². The van der Waals surface area contributed by atoms with Gasteiger partial charge >= 0.3 is 0 Å². The number of likely N-dealkylation sites (tertiary alicyclic amines) is 1. The number of Topliss-reactive ketones (excluding diaryl/α,β-unsaturated/α-hetero) is 1. The van der Waals surface area contributed by atoms with Gasteiger partial charge in [-0.05, 0) is 51.5 Å². The maximum atomic E-state index is 14.3. The van der Waals surface area contributed by atoms with Gasteiger partial charge in [-0.15, -0.1) is 0 Å². The van der Waals surface area contributed by atoms with Crippen molar-refractivity contribution in [3.05, 3.63) is 35.5 Å². The summed E-state index contributed by atoms with van der Waals surface area (Å²) >= 11 is 0. The Morgan fingerprint density at radius 1 is 1.03 bits per heavy atom. The second-order valence-electron chi connectivity index (χ2n) is 10.2. The molecule has 6 nitrogen and oxygen atoms in total. The lowest BCUT2D eigenvalue weighted by atomic mass is 9.81. The molecule has 0 atom stereocenters. The van der Waals surface area contributed by atoms with Gasteiger partial charge in [-0.3, -0.25) is 14.6 Å². The number of halogens is 2. The maximum Gasteiger partial charge on any atom is 0.257 e. The Balaban J connectivity index is 1.46. The summed E-state index contributed by atoms with van der Waals surface area (Å²) in [5.74, 6) is -1.60. The minimum Gasteiger partial charge on any atom is -0.370 e. The van der Waals surface area contributed by atoms with Crippen molar-refractivity contribution in [2.45, 2.75) is 45.4 Å². The predicted octanol–water partition coefficient (Wildman–Crippen LogP) is 4.47. The molecule has 0 N–H and O–H groups in total. The summed E-state index contributed by atoms with van der Waals surface area (Å²) in [7, 11) is 0. The van der Waals surface area contributed by atoms with Crippen LogP contribution in [-0.2, 0) is 4.79 Å². The van der Waals surface area contributed by atoms with Gasteiger partial charge in [0, 0.05) is 55.7 Å². The molecule has 34 heavy (non-hydrogen) atoms. The fraction of sp³-hybridized carbons (Fsp3) is 0.538. The van der Waals surface area contributed by atoms with Crippen LogP contribution in [0.25, 0.3) is 10.9 Å². The summed E-state index contributed by atoms with van der Waals surface area (Å²) in [4.78, 5) is 34.1. The number of anilines is 1. The SMILES string of the molecule is CC1(C#N)CCN(c2c(C(=O)N3CCC(C(=O)C4CC4)CC3)cnc3cc(F)c(F)cc23)CC1. The Hall–Kier alpha value is -3.08. The minimum atomic E-state index is -0.988. The molecule has 1 aromatic carbocycles. The Morgan fingerprint density at radius 2 is 1.65 bits per heavy atom. The number of aromatic nitrogens is 1. The summed E-state index contributed by atoms with van der Waals surface area (Å²) in [6.45, 7) is 3.96. The first-order chi connectivity index (χ1) is 16.3. The smallest absolute Gasteiger partial charge is 0.257 e.